The van der Waals surface area contributed by atoms with Crippen molar-refractivity contribution in [1.82, 2.24) is 15.2 Å². The molecule has 1 aliphatic heterocycles. The van der Waals surface area contributed by atoms with Crippen molar-refractivity contribution in [2.24, 2.45) is 5.73 Å². The Morgan fingerprint density at radius 3 is 2.75 bits per heavy atom. The molecule has 0 amide bonds. The standard InChI is InChI=1S/C14H19N5S/c15-11-6-8-19(9-7-11)14-16-13(17-18-14)10-20-12-4-2-1-3-5-12/h1-5,11H,6-10,15H2,(H,16,17,18). The summed E-state index contributed by atoms with van der Waals surface area (Å²) in [6.07, 6.45) is 2.03. The van der Waals surface area contributed by atoms with Gasteiger partial charge in [-0.15, -0.1) is 16.9 Å². The van der Waals surface area contributed by atoms with Gasteiger partial charge in [0.05, 0.1) is 5.75 Å². The molecule has 2 heterocycles. The molecule has 0 bridgehead atoms. The van der Waals surface area contributed by atoms with Gasteiger partial charge >= 0.3 is 0 Å². The Morgan fingerprint density at radius 2 is 2.00 bits per heavy atom. The van der Waals surface area contributed by atoms with Crippen LogP contribution in [0.15, 0.2) is 35.2 Å². The van der Waals surface area contributed by atoms with E-state index in [9.17, 15) is 0 Å². The van der Waals surface area contributed by atoms with Gasteiger partial charge in [-0.25, -0.2) is 0 Å². The van der Waals surface area contributed by atoms with E-state index in [1.165, 1.54) is 4.90 Å². The first-order valence-electron chi connectivity index (χ1n) is 6.91. The predicted molar refractivity (Wildman–Crippen MR) is 81.8 cm³/mol. The molecule has 0 atom stereocenters. The number of benzene rings is 1. The van der Waals surface area contributed by atoms with Crippen LogP contribution in [0.3, 0.4) is 0 Å². The maximum Gasteiger partial charge on any atom is 0.244 e. The van der Waals surface area contributed by atoms with Gasteiger partial charge in [0, 0.05) is 24.0 Å². The van der Waals surface area contributed by atoms with Crippen LogP contribution in [-0.4, -0.2) is 34.3 Å². The lowest BCUT2D eigenvalue weighted by Crippen LogP contribution is -2.40. The lowest BCUT2D eigenvalue weighted by atomic mass is 10.1. The SMILES string of the molecule is NC1CCN(c2n[nH]c(CSc3ccccc3)n2)CC1. The number of aromatic amines is 1. The minimum atomic E-state index is 0.332. The average Bonchev–Trinajstić information content (AvgIpc) is 2.96. The van der Waals surface area contributed by atoms with E-state index in [-0.39, 0.29) is 0 Å². The molecular weight excluding hydrogens is 270 g/mol. The highest BCUT2D eigenvalue weighted by molar-refractivity contribution is 7.98. The Kier molecular flexibility index (Phi) is 4.22. The Balaban J connectivity index is 1.57. The fraction of sp³-hybridized carbons (Fsp3) is 0.429. The number of nitrogens with two attached hydrogens (primary N) is 1. The highest BCUT2D eigenvalue weighted by atomic mass is 32.2. The quantitative estimate of drug-likeness (QED) is 0.843. The summed E-state index contributed by atoms with van der Waals surface area (Å²) in [5.74, 6) is 2.54. The van der Waals surface area contributed by atoms with Crippen LogP contribution in [0.2, 0.25) is 0 Å². The maximum absolute atomic E-state index is 5.91. The van der Waals surface area contributed by atoms with Crippen molar-refractivity contribution in [3.05, 3.63) is 36.2 Å². The van der Waals surface area contributed by atoms with Crippen LogP contribution in [0.25, 0.3) is 0 Å². The van der Waals surface area contributed by atoms with Gasteiger partial charge in [0.25, 0.3) is 0 Å². The number of H-pyrrole nitrogens is 1. The van der Waals surface area contributed by atoms with E-state index in [2.05, 4.69) is 32.2 Å². The molecule has 0 radical (unpaired) electrons. The Morgan fingerprint density at radius 1 is 1.25 bits per heavy atom. The van der Waals surface area contributed by atoms with Crippen LogP contribution in [0.5, 0.6) is 0 Å². The van der Waals surface area contributed by atoms with Crippen LogP contribution >= 0.6 is 11.8 Å². The zero-order valence-electron chi connectivity index (χ0n) is 11.3. The molecule has 0 aliphatic carbocycles. The minimum Gasteiger partial charge on any atom is -0.339 e. The summed E-state index contributed by atoms with van der Waals surface area (Å²) in [5, 5.41) is 7.34. The zero-order valence-corrected chi connectivity index (χ0v) is 12.1. The third-order valence-electron chi connectivity index (χ3n) is 3.46. The number of rotatable bonds is 4. The molecule has 5 nitrogen and oxygen atoms in total. The van der Waals surface area contributed by atoms with Crippen LogP contribution in [0, 0.1) is 0 Å². The first kappa shape index (κ1) is 13.5. The van der Waals surface area contributed by atoms with Crippen molar-refractivity contribution >= 4 is 17.7 Å². The van der Waals surface area contributed by atoms with Crippen molar-refractivity contribution < 1.29 is 0 Å². The molecular formula is C14H19N5S. The summed E-state index contributed by atoms with van der Waals surface area (Å²) in [6, 6.07) is 10.7. The van der Waals surface area contributed by atoms with E-state index < -0.39 is 0 Å². The monoisotopic (exact) mass is 289 g/mol. The molecule has 3 rings (SSSR count). The van der Waals surface area contributed by atoms with Gasteiger partial charge in [-0.05, 0) is 25.0 Å². The minimum absolute atomic E-state index is 0.332. The summed E-state index contributed by atoms with van der Waals surface area (Å²) in [7, 11) is 0. The van der Waals surface area contributed by atoms with E-state index in [4.69, 9.17) is 5.73 Å². The molecule has 1 saturated heterocycles. The Hall–Kier alpha value is -1.53. The third-order valence-corrected chi connectivity index (χ3v) is 4.48. The third kappa shape index (κ3) is 3.32. The number of aromatic nitrogens is 3. The van der Waals surface area contributed by atoms with Crippen molar-refractivity contribution in [3.8, 4) is 0 Å². The zero-order chi connectivity index (χ0) is 13.8. The van der Waals surface area contributed by atoms with Crippen LogP contribution in [0.4, 0.5) is 5.95 Å². The first-order chi connectivity index (χ1) is 9.81. The normalized spacial score (nSPS) is 16.6. The molecule has 0 unspecified atom stereocenters. The Labute approximate surface area is 123 Å². The summed E-state index contributed by atoms with van der Waals surface area (Å²) >= 11 is 1.76. The molecule has 1 aromatic heterocycles. The number of anilines is 1. The molecule has 1 fully saturated rings. The fourth-order valence-corrected chi connectivity index (χ4v) is 3.04. The number of thioether (sulfide) groups is 1. The number of piperidine rings is 1. The second-order valence-corrected chi connectivity index (χ2v) is 6.06. The molecule has 0 saturated carbocycles. The molecule has 1 aromatic carbocycles. The van der Waals surface area contributed by atoms with Crippen LogP contribution in [-0.2, 0) is 5.75 Å². The topological polar surface area (TPSA) is 70.8 Å². The lowest BCUT2D eigenvalue weighted by Gasteiger charge is -2.28. The Bertz CT molecular complexity index is 534. The van der Waals surface area contributed by atoms with Crippen molar-refractivity contribution in [3.63, 3.8) is 0 Å². The molecule has 106 valence electrons. The summed E-state index contributed by atoms with van der Waals surface area (Å²) < 4.78 is 0. The molecule has 0 spiro atoms. The second kappa shape index (κ2) is 6.28. The maximum atomic E-state index is 5.91. The van der Waals surface area contributed by atoms with E-state index in [1.54, 1.807) is 11.8 Å². The largest absolute Gasteiger partial charge is 0.339 e. The van der Waals surface area contributed by atoms with E-state index in [0.29, 0.717) is 6.04 Å². The van der Waals surface area contributed by atoms with Gasteiger partial charge in [0.1, 0.15) is 5.82 Å². The van der Waals surface area contributed by atoms with E-state index in [0.717, 1.165) is 43.5 Å². The number of nitrogens with zero attached hydrogens (tertiary/aromatic N) is 3. The van der Waals surface area contributed by atoms with Crippen LogP contribution in [0.1, 0.15) is 18.7 Å². The van der Waals surface area contributed by atoms with Gasteiger partial charge in [0.2, 0.25) is 5.95 Å². The molecule has 2 aromatic rings. The highest BCUT2D eigenvalue weighted by Crippen LogP contribution is 2.22. The first-order valence-corrected chi connectivity index (χ1v) is 7.89. The van der Waals surface area contributed by atoms with Crippen molar-refractivity contribution in [2.75, 3.05) is 18.0 Å². The lowest BCUT2D eigenvalue weighted by molar-refractivity contribution is 0.496. The summed E-state index contributed by atoms with van der Waals surface area (Å²) in [6.45, 7) is 1.90. The summed E-state index contributed by atoms with van der Waals surface area (Å²) in [4.78, 5) is 8.02. The van der Waals surface area contributed by atoms with E-state index in [1.807, 2.05) is 18.2 Å². The van der Waals surface area contributed by atoms with E-state index >= 15 is 0 Å². The number of hydrogen-bond acceptors (Lipinski definition) is 5. The molecule has 6 heteroatoms. The van der Waals surface area contributed by atoms with Crippen LogP contribution < -0.4 is 10.6 Å². The average molecular weight is 289 g/mol. The van der Waals surface area contributed by atoms with Gasteiger partial charge in [-0.3, -0.25) is 5.10 Å². The second-order valence-electron chi connectivity index (χ2n) is 5.01. The van der Waals surface area contributed by atoms with Gasteiger partial charge in [-0.2, -0.15) is 4.98 Å². The van der Waals surface area contributed by atoms with Crippen molar-refractivity contribution in [1.29, 1.82) is 0 Å². The fourth-order valence-electron chi connectivity index (χ4n) is 2.26. The number of hydrogen-bond donors (Lipinski definition) is 2. The molecule has 1 aliphatic rings. The smallest absolute Gasteiger partial charge is 0.244 e. The predicted octanol–water partition coefficient (Wildman–Crippen LogP) is 2.02. The van der Waals surface area contributed by atoms with Crippen molar-refractivity contribution in [2.45, 2.75) is 29.5 Å². The van der Waals surface area contributed by atoms with Gasteiger partial charge < -0.3 is 10.6 Å². The molecule has 20 heavy (non-hydrogen) atoms. The van der Waals surface area contributed by atoms with Gasteiger partial charge in [-0.1, -0.05) is 18.2 Å². The highest BCUT2D eigenvalue weighted by Gasteiger charge is 2.19. The molecule has 3 N–H and O–H groups in total. The van der Waals surface area contributed by atoms with Gasteiger partial charge in [0.15, 0.2) is 0 Å². The summed E-state index contributed by atoms with van der Waals surface area (Å²) in [5.41, 5.74) is 5.91. The number of nitrogens with one attached hydrogen (secondary N) is 1.